The minimum absolute atomic E-state index is 0.347. The zero-order valence-electron chi connectivity index (χ0n) is 13.1. The van der Waals surface area contributed by atoms with Crippen LogP contribution in [0.25, 0.3) is 0 Å². The summed E-state index contributed by atoms with van der Waals surface area (Å²) < 4.78 is 5.65. The molecule has 0 saturated carbocycles. The van der Waals surface area contributed by atoms with Crippen molar-refractivity contribution in [1.82, 2.24) is 5.32 Å². The molecule has 0 heterocycles. The van der Waals surface area contributed by atoms with Gasteiger partial charge in [-0.1, -0.05) is 58.3 Å². The Bertz CT molecular complexity index is 159. The van der Waals surface area contributed by atoms with E-state index >= 15 is 0 Å². The summed E-state index contributed by atoms with van der Waals surface area (Å²) in [6, 6.07) is 0.535. The molecule has 0 aliphatic heterocycles. The van der Waals surface area contributed by atoms with E-state index in [4.69, 9.17) is 4.74 Å². The maximum Gasteiger partial charge on any atom is 0.0622 e. The third-order valence-electron chi connectivity index (χ3n) is 3.45. The van der Waals surface area contributed by atoms with Crippen LogP contribution >= 0.6 is 0 Å². The summed E-state index contributed by atoms with van der Waals surface area (Å²) in [5, 5.41) is 3.35. The highest BCUT2D eigenvalue weighted by molar-refractivity contribution is 4.64. The molecule has 0 saturated heterocycles. The first-order chi connectivity index (χ1) is 8.70. The van der Waals surface area contributed by atoms with Gasteiger partial charge in [0.15, 0.2) is 0 Å². The molecule has 110 valence electrons. The average Bonchev–Trinajstić information content (AvgIpc) is 2.36. The van der Waals surface area contributed by atoms with Gasteiger partial charge in [0.05, 0.1) is 12.7 Å². The van der Waals surface area contributed by atoms with Crippen molar-refractivity contribution in [2.45, 2.75) is 90.7 Å². The molecule has 1 N–H and O–H groups in total. The molecule has 0 bridgehead atoms. The van der Waals surface area contributed by atoms with E-state index in [2.05, 4.69) is 26.1 Å². The third kappa shape index (κ3) is 12.4. The van der Waals surface area contributed by atoms with Crippen LogP contribution in [0.15, 0.2) is 0 Å². The molecule has 0 aromatic rings. The number of nitrogens with one attached hydrogen (secondary N) is 1. The number of unbranched alkanes of at least 4 members (excludes halogenated alkanes) is 7. The van der Waals surface area contributed by atoms with Crippen molar-refractivity contribution in [2.75, 3.05) is 13.7 Å². The Balaban J connectivity index is 3.28. The van der Waals surface area contributed by atoms with Gasteiger partial charge in [-0.3, -0.25) is 0 Å². The lowest BCUT2D eigenvalue weighted by molar-refractivity contribution is 0.0605. The molecular weight excluding hydrogens is 222 g/mol. The minimum Gasteiger partial charge on any atom is -0.377 e. The lowest BCUT2D eigenvalue weighted by Gasteiger charge is -2.17. The summed E-state index contributed by atoms with van der Waals surface area (Å²) >= 11 is 0. The van der Waals surface area contributed by atoms with Gasteiger partial charge in [-0.15, -0.1) is 0 Å². The maximum atomic E-state index is 5.65. The summed E-state index contributed by atoms with van der Waals surface area (Å²) in [4.78, 5) is 0. The lowest BCUT2D eigenvalue weighted by atomic mass is 10.0. The molecule has 0 fully saturated rings. The van der Waals surface area contributed by atoms with E-state index in [0.717, 1.165) is 6.61 Å². The SMILES string of the molecule is CCCCCCCCCCC(COC(C)C)NC. The second kappa shape index (κ2) is 13.4. The highest BCUT2D eigenvalue weighted by atomic mass is 16.5. The molecule has 0 aromatic carbocycles. The van der Waals surface area contributed by atoms with Gasteiger partial charge in [0, 0.05) is 6.04 Å². The van der Waals surface area contributed by atoms with Crippen LogP contribution in [0.1, 0.15) is 78.6 Å². The van der Waals surface area contributed by atoms with Gasteiger partial charge in [0.2, 0.25) is 0 Å². The quantitative estimate of drug-likeness (QED) is 0.489. The molecule has 1 atom stereocenters. The molecule has 0 radical (unpaired) electrons. The smallest absolute Gasteiger partial charge is 0.0622 e. The Kier molecular flexibility index (Phi) is 13.3. The van der Waals surface area contributed by atoms with Crippen LogP contribution < -0.4 is 5.32 Å². The van der Waals surface area contributed by atoms with E-state index in [1.54, 1.807) is 0 Å². The van der Waals surface area contributed by atoms with Crippen molar-refractivity contribution in [2.24, 2.45) is 0 Å². The van der Waals surface area contributed by atoms with E-state index in [-0.39, 0.29) is 0 Å². The summed E-state index contributed by atoms with van der Waals surface area (Å²) in [7, 11) is 2.04. The van der Waals surface area contributed by atoms with Gasteiger partial charge in [-0.2, -0.15) is 0 Å². The minimum atomic E-state index is 0.347. The zero-order valence-corrected chi connectivity index (χ0v) is 13.1. The number of likely N-dealkylation sites (N-methyl/N-ethyl adjacent to an activating group) is 1. The molecule has 1 unspecified atom stereocenters. The summed E-state index contributed by atoms with van der Waals surface area (Å²) in [6.07, 6.45) is 12.8. The molecule has 0 rings (SSSR count). The highest BCUT2D eigenvalue weighted by Gasteiger charge is 2.06. The van der Waals surface area contributed by atoms with Crippen molar-refractivity contribution < 1.29 is 4.74 Å². The average molecular weight is 257 g/mol. The van der Waals surface area contributed by atoms with Crippen LogP contribution in [0.5, 0.6) is 0 Å². The second-order valence-electron chi connectivity index (χ2n) is 5.63. The molecule has 0 amide bonds. The van der Waals surface area contributed by atoms with Crippen LogP contribution in [-0.2, 0) is 4.74 Å². The Morgan fingerprint density at radius 1 is 0.889 bits per heavy atom. The van der Waals surface area contributed by atoms with Gasteiger partial charge in [0.25, 0.3) is 0 Å². The molecule has 0 spiro atoms. The Morgan fingerprint density at radius 3 is 1.94 bits per heavy atom. The Hall–Kier alpha value is -0.0800. The monoisotopic (exact) mass is 257 g/mol. The standard InChI is InChI=1S/C16H35NO/c1-5-6-7-8-9-10-11-12-13-16(17-4)14-18-15(2)3/h15-17H,5-14H2,1-4H3. The number of rotatable bonds is 13. The highest BCUT2D eigenvalue weighted by Crippen LogP contribution is 2.11. The summed E-state index contributed by atoms with van der Waals surface area (Å²) in [6.45, 7) is 7.33. The first kappa shape index (κ1) is 17.9. The first-order valence-corrected chi connectivity index (χ1v) is 7.99. The van der Waals surface area contributed by atoms with Gasteiger partial charge >= 0.3 is 0 Å². The predicted octanol–water partition coefficient (Wildman–Crippen LogP) is 4.53. The maximum absolute atomic E-state index is 5.65. The molecule has 0 aliphatic rings. The fourth-order valence-corrected chi connectivity index (χ4v) is 2.14. The predicted molar refractivity (Wildman–Crippen MR) is 81.2 cm³/mol. The van der Waals surface area contributed by atoms with Crippen molar-refractivity contribution in [1.29, 1.82) is 0 Å². The number of hydrogen-bond donors (Lipinski definition) is 1. The van der Waals surface area contributed by atoms with Crippen LogP contribution in [-0.4, -0.2) is 25.8 Å². The van der Waals surface area contributed by atoms with E-state index in [9.17, 15) is 0 Å². The Morgan fingerprint density at radius 2 is 1.44 bits per heavy atom. The summed E-state index contributed by atoms with van der Waals surface area (Å²) in [5.41, 5.74) is 0. The van der Waals surface area contributed by atoms with E-state index in [1.807, 2.05) is 7.05 Å². The Labute approximate surface area is 115 Å². The van der Waals surface area contributed by atoms with E-state index in [0.29, 0.717) is 12.1 Å². The van der Waals surface area contributed by atoms with Crippen LogP contribution in [0.4, 0.5) is 0 Å². The molecule has 2 heteroatoms. The van der Waals surface area contributed by atoms with Crippen molar-refractivity contribution in [3.63, 3.8) is 0 Å². The summed E-state index contributed by atoms with van der Waals surface area (Å²) in [5.74, 6) is 0. The molecule has 2 nitrogen and oxygen atoms in total. The fraction of sp³-hybridized carbons (Fsp3) is 1.00. The van der Waals surface area contributed by atoms with Crippen molar-refractivity contribution in [3.8, 4) is 0 Å². The van der Waals surface area contributed by atoms with Crippen molar-refractivity contribution >= 4 is 0 Å². The molecule has 0 aromatic heterocycles. The number of ether oxygens (including phenoxy) is 1. The normalized spacial score (nSPS) is 13.2. The topological polar surface area (TPSA) is 21.3 Å². The molecule has 0 aliphatic carbocycles. The zero-order chi connectivity index (χ0) is 13.6. The van der Waals surface area contributed by atoms with Crippen LogP contribution in [0, 0.1) is 0 Å². The second-order valence-corrected chi connectivity index (χ2v) is 5.63. The van der Waals surface area contributed by atoms with Crippen molar-refractivity contribution in [3.05, 3.63) is 0 Å². The largest absolute Gasteiger partial charge is 0.377 e. The van der Waals surface area contributed by atoms with E-state index in [1.165, 1.54) is 57.8 Å². The third-order valence-corrected chi connectivity index (χ3v) is 3.45. The van der Waals surface area contributed by atoms with Gasteiger partial charge in [0.1, 0.15) is 0 Å². The molecule has 18 heavy (non-hydrogen) atoms. The van der Waals surface area contributed by atoms with E-state index < -0.39 is 0 Å². The van der Waals surface area contributed by atoms with Gasteiger partial charge in [-0.05, 0) is 27.3 Å². The fourth-order valence-electron chi connectivity index (χ4n) is 2.14. The lowest BCUT2D eigenvalue weighted by Crippen LogP contribution is -2.31. The van der Waals surface area contributed by atoms with Crippen LogP contribution in [0.3, 0.4) is 0 Å². The van der Waals surface area contributed by atoms with Gasteiger partial charge in [-0.25, -0.2) is 0 Å². The van der Waals surface area contributed by atoms with Gasteiger partial charge < -0.3 is 10.1 Å². The number of hydrogen-bond acceptors (Lipinski definition) is 2. The first-order valence-electron chi connectivity index (χ1n) is 7.99. The van der Waals surface area contributed by atoms with Crippen LogP contribution in [0.2, 0.25) is 0 Å². The molecular formula is C16H35NO.